The van der Waals surface area contributed by atoms with Crippen LogP contribution in [0.4, 0.5) is 0 Å². The SMILES string of the molecule is CCCCCCCCCCCCCCCCC(CC)C(C)=O. The van der Waals surface area contributed by atoms with Gasteiger partial charge >= 0.3 is 0 Å². The number of unbranched alkanes of at least 4 members (excludes halogenated alkanes) is 13. The van der Waals surface area contributed by atoms with Crippen molar-refractivity contribution in [2.24, 2.45) is 5.92 Å². The van der Waals surface area contributed by atoms with Crippen LogP contribution in [0.2, 0.25) is 0 Å². The van der Waals surface area contributed by atoms with Crippen LogP contribution < -0.4 is 0 Å². The predicted octanol–water partition coefficient (Wildman–Crippen LogP) is 7.47. The maximum atomic E-state index is 11.3. The van der Waals surface area contributed by atoms with Gasteiger partial charge in [0.15, 0.2) is 0 Å². The van der Waals surface area contributed by atoms with E-state index in [-0.39, 0.29) is 0 Å². The second-order valence-corrected chi connectivity index (χ2v) is 7.10. The molecule has 132 valence electrons. The predicted molar refractivity (Wildman–Crippen MR) is 99.4 cm³/mol. The molecule has 22 heavy (non-hydrogen) atoms. The van der Waals surface area contributed by atoms with Crippen LogP contribution in [0.25, 0.3) is 0 Å². The lowest BCUT2D eigenvalue weighted by molar-refractivity contribution is -0.121. The van der Waals surface area contributed by atoms with Crippen LogP contribution in [0, 0.1) is 5.92 Å². The van der Waals surface area contributed by atoms with Gasteiger partial charge in [0.2, 0.25) is 0 Å². The summed E-state index contributed by atoms with van der Waals surface area (Å²) in [7, 11) is 0. The number of hydrogen-bond donors (Lipinski definition) is 0. The molecular formula is C21H42O. The van der Waals surface area contributed by atoms with Crippen LogP contribution in [0.1, 0.15) is 124 Å². The summed E-state index contributed by atoms with van der Waals surface area (Å²) in [5, 5.41) is 0. The highest BCUT2D eigenvalue weighted by atomic mass is 16.1. The average Bonchev–Trinajstić information content (AvgIpc) is 2.51. The average molecular weight is 311 g/mol. The van der Waals surface area contributed by atoms with Crippen LogP contribution in [0.15, 0.2) is 0 Å². The summed E-state index contributed by atoms with van der Waals surface area (Å²) in [6.45, 7) is 6.17. The van der Waals surface area contributed by atoms with Gasteiger partial charge in [0.05, 0.1) is 0 Å². The van der Waals surface area contributed by atoms with Gasteiger partial charge in [0.1, 0.15) is 5.78 Å². The van der Waals surface area contributed by atoms with E-state index in [4.69, 9.17) is 0 Å². The fourth-order valence-corrected chi connectivity index (χ4v) is 3.28. The summed E-state index contributed by atoms with van der Waals surface area (Å²) in [6, 6.07) is 0. The van der Waals surface area contributed by atoms with Crippen molar-refractivity contribution in [2.75, 3.05) is 0 Å². The van der Waals surface area contributed by atoms with Gasteiger partial charge in [-0.05, 0) is 19.8 Å². The highest BCUT2D eigenvalue weighted by molar-refractivity contribution is 5.78. The molecular weight excluding hydrogens is 268 g/mol. The molecule has 0 aliphatic rings. The van der Waals surface area contributed by atoms with Crippen LogP contribution in [-0.4, -0.2) is 5.78 Å². The summed E-state index contributed by atoms with van der Waals surface area (Å²) in [5.74, 6) is 0.717. The second kappa shape index (κ2) is 17.0. The Morgan fingerprint density at radius 1 is 0.636 bits per heavy atom. The van der Waals surface area contributed by atoms with Crippen molar-refractivity contribution in [3.8, 4) is 0 Å². The molecule has 0 rings (SSSR count). The van der Waals surface area contributed by atoms with E-state index in [2.05, 4.69) is 13.8 Å². The minimum absolute atomic E-state index is 0.331. The zero-order valence-electron chi connectivity index (χ0n) is 15.8. The molecule has 1 nitrogen and oxygen atoms in total. The van der Waals surface area contributed by atoms with Crippen molar-refractivity contribution in [1.82, 2.24) is 0 Å². The monoisotopic (exact) mass is 310 g/mol. The molecule has 0 heterocycles. The van der Waals surface area contributed by atoms with Crippen molar-refractivity contribution in [3.63, 3.8) is 0 Å². The van der Waals surface area contributed by atoms with Gasteiger partial charge in [-0.1, -0.05) is 104 Å². The summed E-state index contributed by atoms with van der Waals surface area (Å²) in [6.07, 6.45) is 21.8. The topological polar surface area (TPSA) is 17.1 Å². The Labute approximate surface area is 140 Å². The third kappa shape index (κ3) is 14.6. The molecule has 0 radical (unpaired) electrons. The third-order valence-corrected chi connectivity index (χ3v) is 4.97. The first-order valence-corrected chi connectivity index (χ1v) is 10.2. The van der Waals surface area contributed by atoms with Crippen molar-refractivity contribution < 1.29 is 4.79 Å². The lowest BCUT2D eigenvalue weighted by Gasteiger charge is -2.10. The van der Waals surface area contributed by atoms with Crippen LogP contribution in [0.3, 0.4) is 0 Å². The molecule has 0 aromatic heterocycles. The molecule has 0 fully saturated rings. The lowest BCUT2D eigenvalue weighted by atomic mass is 9.94. The largest absolute Gasteiger partial charge is 0.300 e. The first kappa shape index (κ1) is 21.7. The van der Waals surface area contributed by atoms with E-state index in [9.17, 15) is 4.79 Å². The van der Waals surface area contributed by atoms with E-state index >= 15 is 0 Å². The van der Waals surface area contributed by atoms with E-state index in [1.807, 2.05) is 0 Å². The second-order valence-electron chi connectivity index (χ2n) is 7.10. The number of carbonyl (C=O) groups is 1. The zero-order chi connectivity index (χ0) is 16.5. The summed E-state index contributed by atoms with van der Waals surface area (Å²) in [5.41, 5.74) is 0. The summed E-state index contributed by atoms with van der Waals surface area (Å²) >= 11 is 0. The first-order valence-electron chi connectivity index (χ1n) is 10.2. The fourth-order valence-electron chi connectivity index (χ4n) is 3.28. The number of hydrogen-bond acceptors (Lipinski definition) is 1. The molecule has 0 saturated heterocycles. The van der Waals surface area contributed by atoms with Gasteiger partial charge in [-0.15, -0.1) is 0 Å². The lowest BCUT2D eigenvalue weighted by Crippen LogP contribution is -2.09. The summed E-state index contributed by atoms with van der Waals surface area (Å²) < 4.78 is 0. The maximum absolute atomic E-state index is 11.3. The highest BCUT2D eigenvalue weighted by Gasteiger charge is 2.10. The molecule has 1 unspecified atom stereocenters. The molecule has 0 aromatic rings. The highest BCUT2D eigenvalue weighted by Crippen LogP contribution is 2.17. The molecule has 1 atom stereocenters. The van der Waals surface area contributed by atoms with Crippen molar-refractivity contribution >= 4 is 5.78 Å². The van der Waals surface area contributed by atoms with Gasteiger partial charge in [-0.3, -0.25) is 4.79 Å². The van der Waals surface area contributed by atoms with Crippen molar-refractivity contribution in [2.45, 2.75) is 124 Å². The molecule has 0 aliphatic carbocycles. The Kier molecular flexibility index (Phi) is 16.8. The van der Waals surface area contributed by atoms with Gasteiger partial charge in [0.25, 0.3) is 0 Å². The van der Waals surface area contributed by atoms with E-state index in [1.165, 1.54) is 89.9 Å². The van der Waals surface area contributed by atoms with E-state index in [0.29, 0.717) is 11.7 Å². The smallest absolute Gasteiger partial charge is 0.132 e. The van der Waals surface area contributed by atoms with Crippen LogP contribution in [0.5, 0.6) is 0 Å². The molecule has 0 aliphatic heterocycles. The van der Waals surface area contributed by atoms with E-state index in [1.54, 1.807) is 6.92 Å². The van der Waals surface area contributed by atoms with Crippen molar-refractivity contribution in [3.05, 3.63) is 0 Å². The minimum Gasteiger partial charge on any atom is -0.300 e. The Morgan fingerprint density at radius 3 is 1.32 bits per heavy atom. The Bertz CT molecular complexity index is 234. The fraction of sp³-hybridized carbons (Fsp3) is 0.952. The maximum Gasteiger partial charge on any atom is 0.132 e. The van der Waals surface area contributed by atoms with Crippen LogP contribution in [-0.2, 0) is 4.79 Å². The quantitative estimate of drug-likeness (QED) is 0.255. The number of Topliss-reactive ketones (excluding diaryl/α,β-unsaturated/α-hetero) is 1. The molecule has 0 saturated carbocycles. The number of carbonyl (C=O) groups excluding carboxylic acids is 1. The van der Waals surface area contributed by atoms with Gasteiger partial charge in [0, 0.05) is 5.92 Å². The molecule has 0 aromatic carbocycles. The Balaban J connectivity index is 3.13. The third-order valence-electron chi connectivity index (χ3n) is 4.97. The van der Waals surface area contributed by atoms with Crippen molar-refractivity contribution in [1.29, 1.82) is 0 Å². The van der Waals surface area contributed by atoms with Crippen LogP contribution >= 0.6 is 0 Å². The summed E-state index contributed by atoms with van der Waals surface area (Å²) in [4.78, 5) is 11.3. The number of rotatable bonds is 17. The van der Waals surface area contributed by atoms with E-state index < -0.39 is 0 Å². The molecule has 1 heteroatoms. The van der Waals surface area contributed by atoms with Gasteiger partial charge < -0.3 is 0 Å². The Morgan fingerprint density at radius 2 is 1.00 bits per heavy atom. The van der Waals surface area contributed by atoms with Gasteiger partial charge in [-0.2, -0.15) is 0 Å². The minimum atomic E-state index is 0.331. The molecule has 0 amide bonds. The standard InChI is InChI=1S/C21H42O/c1-4-6-7-8-9-10-11-12-13-14-15-16-17-18-19-21(5-2)20(3)22/h21H,4-19H2,1-3H3. The normalized spacial score (nSPS) is 12.5. The molecule has 0 N–H and O–H groups in total. The van der Waals surface area contributed by atoms with E-state index in [0.717, 1.165) is 12.8 Å². The van der Waals surface area contributed by atoms with Gasteiger partial charge in [-0.25, -0.2) is 0 Å². The zero-order valence-corrected chi connectivity index (χ0v) is 15.8. The Hall–Kier alpha value is -0.330. The molecule has 0 bridgehead atoms. The molecule has 0 spiro atoms. The first-order chi connectivity index (χ1) is 10.7. The number of ketones is 1.